The molecule has 0 atom stereocenters. The van der Waals surface area contributed by atoms with Gasteiger partial charge >= 0.3 is 0 Å². The molecule has 0 bridgehead atoms. The van der Waals surface area contributed by atoms with Crippen LogP contribution in [-0.4, -0.2) is 33.5 Å². The number of amides is 2. The Labute approximate surface area is 148 Å². The Kier molecular flexibility index (Phi) is 6.83. The Bertz CT molecular complexity index is 696. The van der Waals surface area contributed by atoms with Crippen LogP contribution in [0, 0.1) is 0 Å². The van der Waals surface area contributed by atoms with E-state index in [1.54, 1.807) is 11.6 Å². The van der Waals surface area contributed by atoms with Crippen LogP contribution in [0.3, 0.4) is 0 Å². The molecular formula is C15H20N4O3S2. The highest BCUT2D eigenvalue weighted by Crippen LogP contribution is 2.25. The first kappa shape index (κ1) is 18.5. The third kappa shape index (κ3) is 5.66. The molecule has 24 heavy (non-hydrogen) atoms. The van der Waals surface area contributed by atoms with E-state index in [1.807, 2.05) is 0 Å². The lowest BCUT2D eigenvalue weighted by atomic mass is 10.2. The third-order valence-electron chi connectivity index (χ3n) is 3.04. The number of thiazole rings is 2. The molecule has 7 nitrogen and oxygen atoms in total. The molecule has 2 heterocycles. The summed E-state index contributed by atoms with van der Waals surface area (Å²) in [4.78, 5) is 33.1. The zero-order chi connectivity index (χ0) is 17.5. The van der Waals surface area contributed by atoms with Crippen molar-refractivity contribution in [2.24, 2.45) is 0 Å². The van der Waals surface area contributed by atoms with Crippen molar-refractivity contribution >= 4 is 44.8 Å². The first-order valence-corrected chi connectivity index (χ1v) is 9.28. The van der Waals surface area contributed by atoms with Gasteiger partial charge in [-0.05, 0) is 12.3 Å². The average molecular weight is 368 g/mol. The van der Waals surface area contributed by atoms with E-state index < -0.39 is 0 Å². The van der Waals surface area contributed by atoms with Gasteiger partial charge in [0.2, 0.25) is 11.8 Å². The SMILES string of the molecule is CC(C)c1cnc(NC(=O)Cc2csc(NC(=O)CCCO)n2)s1. The van der Waals surface area contributed by atoms with E-state index in [2.05, 4.69) is 34.4 Å². The van der Waals surface area contributed by atoms with Crippen LogP contribution in [0.4, 0.5) is 10.3 Å². The molecule has 0 aliphatic carbocycles. The second-order valence-corrected chi connectivity index (χ2v) is 7.39. The maximum Gasteiger partial charge on any atom is 0.232 e. The minimum Gasteiger partial charge on any atom is -0.396 e. The molecule has 0 aromatic carbocycles. The Morgan fingerprint density at radius 3 is 2.67 bits per heavy atom. The van der Waals surface area contributed by atoms with Crippen molar-refractivity contribution in [3.63, 3.8) is 0 Å². The van der Waals surface area contributed by atoms with Gasteiger partial charge in [-0.3, -0.25) is 9.59 Å². The van der Waals surface area contributed by atoms with Gasteiger partial charge in [0.1, 0.15) is 0 Å². The molecule has 2 aromatic rings. The second kappa shape index (κ2) is 8.86. The summed E-state index contributed by atoms with van der Waals surface area (Å²) < 4.78 is 0. The van der Waals surface area contributed by atoms with Crippen molar-refractivity contribution in [1.29, 1.82) is 0 Å². The topological polar surface area (TPSA) is 104 Å². The molecule has 0 aliphatic rings. The van der Waals surface area contributed by atoms with Crippen LogP contribution < -0.4 is 10.6 Å². The van der Waals surface area contributed by atoms with E-state index in [4.69, 9.17) is 5.11 Å². The van der Waals surface area contributed by atoms with Gasteiger partial charge in [0.05, 0.1) is 12.1 Å². The molecule has 2 aromatic heterocycles. The van der Waals surface area contributed by atoms with Crippen molar-refractivity contribution in [3.8, 4) is 0 Å². The number of hydrogen-bond donors (Lipinski definition) is 3. The summed E-state index contributed by atoms with van der Waals surface area (Å²) in [6.07, 6.45) is 2.56. The van der Waals surface area contributed by atoms with E-state index in [0.29, 0.717) is 28.3 Å². The zero-order valence-corrected chi connectivity index (χ0v) is 15.2. The van der Waals surface area contributed by atoms with Crippen LogP contribution in [0.5, 0.6) is 0 Å². The molecule has 2 rings (SSSR count). The maximum atomic E-state index is 12.0. The van der Waals surface area contributed by atoms with Gasteiger partial charge in [-0.25, -0.2) is 9.97 Å². The Hall–Kier alpha value is -1.84. The molecule has 0 spiro atoms. The number of carbonyl (C=O) groups excluding carboxylic acids is 2. The van der Waals surface area contributed by atoms with E-state index in [1.165, 1.54) is 22.7 Å². The predicted octanol–water partition coefficient (Wildman–Crippen LogP) is 2.62. The minimum absolute atomic E-state index is 0.0218. The van der Waals surface area contributed by atoms with Crippen LogP contribution in [0.2, 0.25) is 0 Å². The van der Waals surface area contributed by atoms with Crippen LogP contribution >= 0.6 is 22.7 Å². The fourth-order valence-electron chi connectivity index (χ4n) is 1.81. The van der Waals surface area contributed by atoms with Crippen molar-refractivity contribution in [1.82, 2.24) is 9.97 Å². The summed E-state index contributed by atoms with van der Waals surface area (Å²) in [5.74, 6) is -0.00906. The van der Waals surface area contributed by atoms with E-state index in [0.717, 1.165) is 4.88 Å². The Morgan fingerprint density at radius 1 is 1.25 bits per heavy atom. The number of aliphatic hydroxyl groups is 1. The normalized spacial score (nSPS) is 10.8. The summed E-state index contributed by atoms with van der Waals surface area (Å²) in [7, 11) is 0. The molecule has 0 saturated carbocycles. The predicted molar refractivity (Wildman–Crippen MR) is 95.6 cm³/mol. The Balaban J connectivity index is 1.84. The van der Waals surface area contributed by atoms with Gasteiger partial charge in [-0.15, -0.1) is 22.7 Å². The first-order valence-electron chi connectivity index (χ1n) is 7.58. The summed E-state index contributed by atoms with van der Waals surface area (Å²) in [5.41, 5.74) is 0.593. The smallest absolute Gasteiger partial charge is 0.232 e. The second-order valence-electron chi connectivity index (χ2n) is 5.47. The summed E-state index contributed by atoms with van der Waals surface area (Å²) in [5, 5.41) is 16.9. The molecule has 0 aliphatic heterocycles. The molecule has 0 saturated heterocycles. The lowest BCUT2D eigenvalue weighted by Gasteiger charge is -2.00. The molecule has 2 amide bonds. The molecule has 0 unspecified atom stereocenters. The fraction of sp³-hybridized carbons (Fsp3) is 0.467. The van der Waals surface area contributed by atoms with Crippen molar-refractivity contribution in [3.05, 3.63) is 22.1 Å². The molecule has 3 N–H and O–H groups in total. The van der Waals surface area contributed by atoms with E-state index >= 15 is 0 Å². The van der Waals surface area contributed by atoms with E-state index in [9.17, 15) is 9.59 Å². The molecule has 0 fully saturated rings. The molecule has 130 valence electrons. The van der Waals surface area contributed by atoms with Gasteiger partial charge in [-0.1, -0.05) is 13.8 Å². The van der Waals surface area contributed by atoms with Crippen molar-refractivity contribution < 1.29 is 14.7 Å². The van der Waals surface area contributed by atoms with Crippen molar-refractivity contribution in [2.75, 3.05) is 17.2 Å². The van der Waals surface area contributed by atoms with Gasteiger partial charge < -0.3 is 15.7 Å². The molecule has 0 radical (unpaired) electrons. The molecule has 9 heteroatoms. The lowest BCUT2D eigenvalue weighted by Crippen LogP contribution is -2.15. The highest BCUT2D eigenvalue weighted by molar-refractivity contribution is 7.15. The number of nitrogens with one attached hydrogen (secondary N) is 2. The number of aliphatic hydroxyl groups excluding tert-OH is 1. The van der Waals surface area contributed by atoms with Crippen LogP contribution in [-0.2, 0) is 16.0 Å². The van der Waals surface area contributed by atoms with Gasteiger partial charge in [0.25, 0.3) is 0 Å². The van der Waals surface area contributed by atoms with E-state index in [-0.39, 0.29) is 31.3 Å². The maximum absolute atomic E-state index is 12.0. The minimum atomic E-state index is -0.196. The van der Waals surface area contributed by atoms with Crippen LogP contribution in [0.25, 0.3) is 0 Å². The fourth-order valence-corrected chi connectivity index (χ4v) is 3.37. The first-order chi connectivity index (χ1) is 11.5. The number of rotatable bonds is 8. The zero-order valence-electron chi connectivity index (χ0n) is 13.5. The number of aromatic nitrogens is 2. The van der Waals surface area contributed by atoms with Crippen LogP contribution in [0.15, 0.2) is 11.6 Å². The van der Waals surface area contributed by atoms with Gasteiger partial charge in [0, 0.05) is 29.5 Å². The number of anilines is 2. The average Bonchev–Trinajstić information content (AvgIpc) is 3.15. The quantitative estimate of drug-likeness (QED) is 0.664. The monoisotopic (exact) mass is 368 g/mol. The number of hydrogen-bond acceptors (Lipinski definition) is 7. The van der Waals surface area contributed by atoms with Crippen LogP contribution in [0.1, 0.15) is 43.2 Å². The lowest BCUT2D eigenvalue weighted by molar-refractivity contribution is -0.116. The summed E-state index contributed by atoms with van der Waals surface area (Å²) in [6, 6.07) is 0. The standard InChI is InChI=1S/C15H20N4O3S2/c1-9(2)11-7-16-14(24-11)19-13(22)6-10-8-23-15(17-10)18-12(21)4-3-5-20/h7-9,20H,3-6H2,1-2H3,(H,16,19,22)(H,17,18,21). The number of carbonyl (C=O) groups is 2. The van der Waals surface area contributed by atoms with Gasteiger partial charge in [-0.2, -0.15) is 0 Å². The highest BCUT2D eigenvalue weighted by atomic mass is 32.1. The molecular weight excluding hydrogens is 348 g/mol. The summed E-state index contributed by atoms with van der Waals surface area (Å²) >= 11 is 2.73. The summed E-state index contributed by atoms with van der Waals surface area (Å²) in [6.45, 7) is 4.13. The highest BCUT2D eigenvalue weighted by Gasteiger charge is 2.12. The van der Waals surface area contributed by atoms with Gasteiger partial charge in [0.15, 0.2) is 10.3 Å². The number of nitrogens with zero attached hydrogens (tertiary/aromatic N) is 2. The Morgan fingerprint density at radius 2 is 2.00 bits per heavy atom. The van der Waals surface area contributed by atoms with Crippen molar-refractivity contribution in [2.45, 2.75) is 39.0 Å². The largest absolute Gasteiger partial charge is 0.396 e. The third-order valence-corrected chi connectivity index (χ3v) is 5.06.